The molecule has 3 atom stereocenters. The molecule has 0 bridgehead atoms. The van der Waals surface area contributed by atoms with Crippen molar-refractivity contribution < 1.29 is 20.1 Å². The molecule has 1 amide bonds. The maximum Gasteiger partial charge on any atom is 0.249 e. The second-order valence-corrected chi connectivity index (χ2v) is 13.9. The highest BCUT2D eigenvalue weighted by molar-refractivity contribution is 5.80. The quantitative estimate of drug-likeness (QED) is 0.0406. The van der Waals surface area contributed by atoms with Gasteiger partial charge in [-0.2, -0.15) is 0 Å². The van der Waals surface area contributed by atoms with E-state index in [1.54, 1.807) is 6.08 Å². The minimum atomic E-state index is -1.09. The van der Waals surface area contributed by atoms with Crippen molar-refractivity contribution in [2.75, 3.05) is 6.61 Å². The molecule has 0 aromatic rings. The van der Waals surface area contributed by atoms with Crippen molar-refractivity contribution in [1.29, 1.82) is 0 Å². The zero-order chi connectivity index (χ0) is 33.1. The monoisotopic (exact) mass is 638 g/mol. The van der Waals surface area contributed by atoms with Crippen molar-refractivity contribution in [2.24, 2.45) is 0 Å². The number of carbonyl (C=O) groups excluding carboxylic acids is 1. The molecule has 0 aliphatic carbocycles. The molecular formula is C40H79NO4. The average Bonchev–Trinajstić information content (AvgIpc) is 3.04. The van der Waals surface area contributed by atoms with Gasteiger partial charge in [0.15, 0.2) is 0 Å². The first-order valence-corrected chi connectivity index (χ1v) is 20.0. The smallest absolute Gasteiger partial charge is 0.249 e. The maximum absolute atomic E-state index is 12.4. The summed E-state index contributed by atoms with van der Waals surface area (Å²) in [5.41, 5.74) is 0. The Morgan fingerprint density at radius 1 is 0.533 bits per heavy atom. The van der Waals surface area contributed by atoms with E-state index in [2.05, 4.69) is 19.2 Å². The number of aliphatic hydroxyl groups is 3. The van der Waals surface area contributed by atoms with Crippen LogP contribution in [0.3, 0.4) is 0 Å². The van der Waals surface area contributed by atoms with Gasteiger partial charge in [0.05, 0.1) is 18.8 Å². The van der Waals surface area contributed by atoms with Gasteiger partial charge in [0.1, 0.15) is 6.10 Å². The molecule has 0 radical (unpaired) electrons. The molecule has 0 saturated carbocycles. The minimum absolute atomic E-state index is 0.360. The molecule has 0 spiro atoms. The summed E-state index contributed by atoms with van der Waals surface area (Å²) < 4.78 is 0. The van der Waals surface area contributed by atoms with E-state index in [9.17, 15) is 20.1 Å². The molecule has 5 heteroatoms. The number of aliphatic hydroxyl groups excluding tert-OH is 3. The van der Waals surface area contributed by atoms with Gasteiger partial charge in [-0.05, 0) is 19.3 Å². The van der Waals surface area contributed by atoms with E-state index in [4.69, 9.17) is 0 Å². The molecule has 4 N–H and O–H groups in total. The Balaban J connectivity index is 3.58. The van der Waals surface area contributed by atoms with E-state index >= 15 is 0 Å². The summed E-state index contributed by atoms with van der Waals surface area (Å²) in [7, 11) is 0. The molecule has 0 rings (SSSR count). The van der Waals surface area contributed by atoms with Crippen LogP contribution >= 0.6 is 0 Å². The summed E-state index contributed by atoms with van der Waals surface area (Å²) in [6.07, 6.45) is 41.0. The Labute approximate surface area is 280 Å². The van der Waals surface area contributed by atoms with E-state index in [-0.39, 0.29) is 6.61 Å². The summed E-state index contributed by atoms with van der Waals surface area (Å²) in [6, 6.07) is -0.790. The van der Waals surface area contributed by atoms with Gasteiger partial charge in [-0.3, -0.25) is 4.79 Å². The van der Waals surface area contributed by atoms with E-state index in [0.29, 0.717) is 6.42 Å². The second-order valence-electron chi connectivity index (χ2n) is 13.9. The molecule has 5 nitrogen and oxygen atoms in total. The van der Waals surface area contributed by atoms with Gasteiger partial charge < -0.3 is 20.6 Å². The van der Waals surface area contributed by atoms with Crippen LogP contribution in [0.1, 0.15) is 213 Å². The van der Waals surface area contributed by atoms with Crippen LogP contribution in [0.15, 0.2) is 12.2 Å². The molecule has 0 aromatic heterocycles. The molecule has 0 aliphatic rings. The zero-order valence-electron chi connectivity index (χ0n) is 30.3. The topological polar surface area (TPSA) is 89.8 Å². The van der Waals surface area contributed by atoms with Crippen LogP contribution in [0.2, 0.25) is 0 Å². The van der Waals surface area contributed by atoms with Crippen LogP contribution in [0.4, 0.5) is 0 Å². The second kappa shape index (κ2) is 35.9. The minimum Gasteiger partial charge on any atom is -0.394 e. The summed E-state index contributed by atoms with van der Waals surface area (Å²) in [4.78, 5) is 12.4. The fraction of sp³-hybridized carbons (Fsp3) is 0.925. The molecule has 0 aromatic carbocycles. The lowest BCUT2D eigenvalue weighted by Crippen LogP contribution is -2.48. The summed E-state index contributed by atoms with van der Waals surface area (Å²) in [5.74, 6) is -0.503. The number of hydrogen-bond donors (Lipinski definition) is 4. The van der Waals surface area contributed by atoms with E-state index < -0.39 is 24.2 Å². The predicted molar refractivity (Wildman–Crippen MR) is 195 cm³/mol. The number of amides is 1. The van der Waals surface area contributed by atoms with Gasteiger partial charge >= 0.3 is 0 Å². The Hall–Kier alpha value is -0.910. The standard InChI is InChI=1S/C40H79NO4/c1-3-5-7-9-11-13-14-15-16-17-18-19-20-21-22-23-24-25-27-29-31-33-35-39(44)40(45)41-37(36-42)38(43)34-32-30-28-26-12-10-8-6-4-2/h32,34,37-39,42-44H,3-31,33,35-36H2,1-2H3,(H,41,45)/b34-32+/t37-,38+,39?/m0/s1. The molecular weight excluding hydrogens is 558 g/mol. The first kappa shape index (κ1) is 44.1. The lowest BCUT2D eigenvalue weighted by Gasteiger charge is -2.21. The van der Waals surface area contributed by atoms with Crippen LogP contribution in [-0.2, 0) is 4.79 Å². The largest absolute Gasteiger partial charge is 0.394 e. The van der Waals surface area contributed by atoms with Crippen molar-refractivity contribution in [1.82, 2.24) is 5.32 Å². The average molecular weight is 638 g/mol. The van der Waals surface area contributed by atoms with Gasteiger partial charge in [0.25, 0.3) is 0 Å². The first-order valence-electron chi connectivity index (χ1n) is 20.0. The molecule has 268 valence electrons. The highest BCUT2D eigenvalue weighted by atomic mass is 16.3. The fourth-order valence-electron chi connectivity index (χ4n) is 6.18. The number of carbonyl (C=O) groups is 1. The number of hydrogen-bond acceptors (Lipinski definition) is 4. The van der Waals surface area contributed by atoms with Crippen molar-refractivity contribution in [3.63, 3.8) is 0 Å². The Morgan fingerprint density at radius 2 is 0.867 bits per heavy atom. The molecule has 0 fully saturated rings. The normalized spacial score (nSPS) is 13.8. The van der Waals surface area contributed by atoms with Gasteiger partial charge in [-0.25, -0.2) is 0 Å². The maximum atomic E-state index is 12.4. The van der Waals surface area contributed by atoms with Crippen LogP contribution in [-0.4, -0.2) is 46.1 Å². The summed E-state index contributed by atoms with van der Waals surface area (Å²) in [5, 5.41) is 32.9. The van der Waals surface area contributed by atoms with Crippen molar-refractivity contribution >= 4 is 5.91 Å². The Bertz CT molecular complexity index is 625. The van der Waals surface area contributed by atoms with Gasteiger partial charge in [-0.1, -0.05) is 206 Å². The van der Waals surface area contributed by atoms with Gasteiger partial charge in [-0.15, -0.1) is 0 Å². The lowest BCUT2D eigenvalue weighted by molar-refractivity contribution is -0.131. The predicted octanol–water partition coefficient (Wildman–Crippen LogP) is 10.9. The molecule has 0 saturated heterocycles. The van der Waals surface area contributed by atoms with Crippen LogP contribution in [0.25, 0.3) is 0 Å². The first-order chi connectivity index (χ1) is 22.1. The molecule has 1 unspecified atom stereocenters. The number of nitrogens with one attached hydrogen (secondary N) is 1. The number of unbranched alkanes of at least 4 members (excludes halogenated alkanes) is 28. The summed E-state index contributed by atoms with van der Waals surface area (Å²) in [6.45, 7) is 4.15. The van der Waals surface area contributed by atoms with Crippen molar-refractivity contribution in [3.8, 4) is 0 Å². The van der Waals surface area contributed by atoms with Crippen LogP contribution < -0.4 is 5.32 Å². The Morgan fingerprint density at radius 3 is 1.22 bits per heavy atom. The third-order valence-corrected chi connectivity index (χ3v) is 9.38. The SMILES string of the molecule is CCCCCCCCC/C=C/[C@@H](O)[C@H](CO)NC(=O)C(O)CCCCCCCCCCCCCCCCCCCCCCCC. The highest BCUT2D eigenvalue weighted by Gasteiger charge is 2.22. The van der Waals surface area contributed by atoms with Gasteiger partial charge in [0.2, 0.25) is 5.91 Å². The summed E-state index contributed by atoms with van der Waals surface area (Å²) >= 11 is 0. The van der Waals surface area contributed by atoms with E-state index in [1.807, 2.05) is 6.08 Å². The number of allylic oxidation sites excluding steroid dienone is 1. The third kappa shape index (κ3) is 31.5. The van der Waals surface area contributed by atoms with Crippen LogP contribution in [0.5, 0.6) is 0 Å². The molecule has 0 heterocycles. The van der Waals surface area contributed by atoms with Crippen molar-refractivity contribution in [3.05, 3.63) is 12.2 Å². The van der Waals surface area contributed by atoms with E-state index in [0.717, 1.165) is 32.1 Å². The van der Waals surface area contributed by atoms with E-state index in [1.165, 1.54) is 161 Å². The Kier molecular flexibility index (Phi) is 35.2. The van der Waals surface area contributed by atoms with Gasteiger partial charge in [0, 0.05) is 0 Å². The number of rotatable bonds is 36. The third-order valence-electron chi connectivity index (χ3n) is 9.38. The van der Waals surface area contributed by atoms with Crippen molar-refractivity contribution in [2.45, 2.75) is 231 Å². The zero-order valence-corrected chi connectivity index (χ0v) is 30.3. The fourth-order valence-corrected chi connectivity index (χ4v) is 6.18. The highest BCUT2D eigenvalue weighted by Crippen LogP contribution is 2.16. The molecule has 45 heavy (non-hydrogen) atoms. The molecule has 0 aliphatic heterocycles. The van der Waals surface area contributed by atoms with Crippen LogP contribution in [0, 0.1) is 0 Å². The lowest BCUT2D eigenvalue weighted by atomic mass is 10.0.